The summed E-state index contributed by atoms with van der Waals surface area (Å²) in [7, 11) is 0. The molecule has 1 aliphatic heterocycles. The van der Waals surface area contributed by atoms with Gasteiger partial charge in [0, 0.05) is 20.9 Å². The predicted molar refractivity (Wildman–Crippen MR) is 201 cm³/mol. The van der Waals surface area contributed by atoms with Crippen LogP contribution in [-0.2, 0) is 10.8 Å². The predicted octanol–water partition coefficient (Wildman–Crippen LogP) is 12.3. The number of nitrogens with zero attached hydrogens (tertiary/aromatic N) is 1. The van der Waals surface area contributed by atoms with Crippen LogP contribution in [0, 0.1) is 0 Å². The smallest absolute Gasteiger partial charge is 0.0733 e. The lowest BCUT2D eigenvalue weighted by atomic mass is 9.67. The number of para-hydroxylation sites is 2. The second-order valence-corrected chi connectivity index (χ2v) is 14.3. The quantitative estimate of drug-likeness (QED) is 0.185. The van der Waals surface area contributed by atoms with Crippen molar-refractivity contribution in [1.82, 2.24) is 0 Å². The van der Waals surface area contributed by atoms with Gasteiger partial charge in [0.1, 0.15) is 0 Å². The van der Waals surface area contributed by atoms with E-state index >= 15 is 0 Å². The molecule has 7 aromatic rings. The highest BCUT2D eigenvalue weighted by Crippen LogP contribution is 2.60. The Balaban J connectivity index is 1.37. The van der Waals surface area contributed by atoms with Gasteiger partial charge in [-0.3, -0.25) is 0 Å². The van der Waals surface area contributed by atoms with E-state index in [1.165, 1.54) is 65.7 Å². The van der Waals surface area contributed by atoms with Gasteiger partial charge in [-0.05, 0) is 74.8 Å². The molecule has 7 aromatic carbocycles. The number of hydrogen-bond donors (Lipinski definition) is 0. The molecule has 0 N–H and O–H groups in total. The summed E-state index contributed by atoms with van der Waals surface area (Å²) in [6.45, 7) is 4.73. The molecule has 1 heterocycles. The van der Waals surface area contributed by atoms with E-state index in [1.807, 2.05) is 11.8 Å². The summed E-state index contributed by atoms with van der Waals surface area (Å²) in [6, 6.07) is 64.9. The second kappa shape index (κ2) is 11.1. The van der Waals surface area contributed by atoms with Gasteiger partial charge in [0.25, 0.3) is 0 Å². The van der Waals surface area contributed by atoms with E-state index in [9.17, 15) is 0 Å². The minimum absolute atomic E-state index is 0.135. The first-order valence-electron chi connectivity index (χ1n) is 16.7. The fourth-order valence-electron chi connectivity index (χ4n) is 8.28. The molecule has 48 heavy (non-hydrogen) atoms. The Morgan fingerprint density at radius 3 is 1.60 bits per heavy atom. The van der Waals surface area contributed by atoms with E-state index < -0.39 is 5.41 Å². The first kappa shape index (κ1) is 28.9. The fraction of sp³-hybridized carbons (Fsp3) is 0.0870. The van der Waals surface area contributed by atoms with Crippen molar-refractivity contribution in [1.29, 1.82) is 0 Å². The van der Waals surface area contributed by atoms with Gasteiger partial charge in [0.05, 0.1) is 16.8 Å². The highest BCUT2D eigenvalue weighted by atomic mass is 32.2. The van der Waals surface area contributed by atoms with Crippen molar-refractivity contribution in [3.63, 3.8) is 0 Å². The molecule has 2 heteroatoms. The average Bonchev–Trinajstić information content (AvgIpc) is 3.44. The molecule has 0 amide bonds. The Morgan fingerprint density at radius 1 is 0.417 bits per heavy atom. The van der Waals surface area contributed by atoms with Gasteiger partial charge in [-0.2, -0.15) is 0 Å². The Morgan fingerprint density at radius 2 is 0.917 bits per heavy atom. The first-order valence-corrected chi connectivity index (χ1v) is 17.5. The van der Waals surface area contributed by atoms with Crippen molar-refractivity contribution < 1.29 is 0 Å². The molecule has 2 aliphatic rings. The van der Waals surface area contributed by atoms with Crippen molar-refractivity contribution in [2.75, 3.05) is 4.90 Å². The minimum Gasteiger partial charge on any atom is -0.309 e. The molecule has 230 valence electrons. The number of benzene rings is 7. The van der Waals surface area contributed by atoms with Crippen molar-refractivity contribution in [2.24, 2.45) is 0 Å². The Labute approximate surface area is 287 Å². The summed E-state index contributed by atoms with van der Waals surface area (Å²) in [5.74, 6) is 0. The summed E-state index contributed by atoms with van der Waals surface area (Å²) < 4.78 is 0. The maximum Gasteiger partial charge on any atom is 0.0733 e. The monoisotopic (exact) mass is 633 g/mol. The zero-order chi connectivity index (χ0) is 32.3. The van der Waals surface area contributed by atoms with Gasteiger partial charge < -0.3 is 4.90 Å². The van der Waals surface area contributed by atoms with Gasteiger partial charge in [0.15, 0.2) is 0 Å². The van der Waals surface area contributed by atoms with Gasteiger partial charge in [-0.1, -0.05) is 171 Å². The van der Waals surface area contributed by atoms with E-state index in [0.717, 1.165) is 5.69 Å². The summed E-state index contributed by atoms with van der Waals surface area (Å²) in [6.07, 6.45) is 0. The molecule has 0 bridgehead atoms. The minimum atomic E-state index is -0.522. The third-order valence-corrected chi connectivity index (χ3v) is 11.6. The molecule has 0 unspecified atom stereocenters. The third-order valence-electron chi connectivity index (χ3n) is 10.4. The summed E-state index contributed by atoms with van der Waals surface area (Å²) in [4.78, 5) is 5.14. The third kappa shape index (κ3) is 4.12. The highest BCUT2D eigenvalue weighted by Gasteiger charge is 2.48. The average molecular weight is 634 g/mol. The molecule has 1 aliphatic carbocycles. The van der Waals surface area contributed by atoms with Crippen LogP contribution in [0.5, 0.6) is 0 Å². The number of anilines is 3. The van der Waals surface area contributed by atoms with Gasteiger partial charge in [-0.15, -0.1) is 0 Å². The molecule has 0 spiro atoms. The zero-order valence-electron chi connectivity index (χ0n) is 27.1. The van der Waals surface area contributed by atoms with Crippen LogP contribution in [0.3, 0.4) is 0 Å². The van der Waals surface area contributed by atoms with E-state index in [2.05, 4.69) is 195 Å². The van der Waals surface area contributed by atoms with Crippen LogP contribution in [-0.4, -0.2) is 0 Å². The summed E-state index contributed by atoms with van der Waals surface area (Å²) >= 11 is 1.90. The summed E-state index contributed by atoms with van der Waals surface area (Å²) in [5.41, 5.74) is 13.3. The topological polar surface area (TPSA) is 3.24 Å². The molecular formula is C46H35NS. The lowest BCUT2D eigenvalue weighted by Gasteiger charge is -2.40. The highest BCUT2D eigenvalue weighted by molar-refractivity contribution is 7.99. The molecule has 0 aromatic heterocycles. The molecule has 9 rings (SSSR count). The van der Waals surface area contributed by atoms with Gasteiger partial charge in [0.2, 0.25) is 0 Å². The van der Waals surface area contributed by atoms with Crippen LogP contribution < -0.4 is 4.90 Å². The number of hydrogen-bond acceptors (Lipinski definition) is 2. The van der Waals surface area contributed by atoms with Crippen LogP contribution in [0.2, 0.25) is 0 Å². The molecule has 1 nitrogen and oxygen atoms in total. The van der Waals surface area contributed by atoms with Crippen LogP contribution in [0.4, 0.5) is 17.1 Å². The molecule has 0 saturated carbocycles. The van der Waals surface area contributed by atoms with Gasteiger partial charge in [-0.25, -0.2) is 0 Å². The van der Waals surface area contributed by atoms with Crippen LogP contribution >= 0.6 is 11.8 Å². The lowest BCUT2D eigenvalue weighted by Crippen LogP contribution is -2.31. The lowest BCUT2D eigenvalue weighted by molar-refractivity contribution is 0.607. The normalized spacial score (nSPS) is 14.7. The molecule has 0 saturated heterocycles. The molecule has 0 fully saturated rings. The fourth-order valence-corrected chi connectivity index (χ4v) is 9.77. The number of rotatable bonds is 5. The zero-order valence-corrected chi connectivity index (χ0v) is 27.9. The molecular weight excluding hydrogens is 599 g/mol. The molecule has 0 atom stereocenters. The van der Waals surface area contributed by atoms with E-state index in [-0.39, 0.29) is 5.41 Å². The van der Waals surface area contributed by atoms with Crippen molar-refractivity contribution in [2.45, 2.75) is 34.5 Å². The van der Waals surface area contributed by atoms with Gasteiger partial charge >= 0.3 is 0 Å². The van der Waals surface area contributed by atoms with Crippen molar-refractivity contribution in [3.8, 4) is 11.1 Å². The Bertz CT molecular complexity index is 2260. The van der Waals surface area contributed by atoms with E-state index in [4.69, 9.17) is 0 Å². The van der Waals surface area contributed by atoms with Crippen LogP contribution in [0.25, 0.3) is 11.1 Å². The number of fused-ring (bicyclic) bond motifs is 5. The maximum atomic E-state index is 2.51. The van der Waals surface area contributed by atoms with E-state index in [1.54, 1.807) is 0 Å². The summed E-state index contributed by atoms with van der Waals surface area (Å²) in [5, 5.41) is 0. The van der Waals surface area contributed by atoms with Crippen LogP contribution in [0.1, 0.15) is 47.2 Å². The largest absolute Gasteiger partial charge is 0.309 e. The van der Waals surface area contributed by atoms with Crippen LogP contribution in [0.15, 0.2) is 186 Å². The molecule has 0 radical (unpaired) electrons. The SMILES string of the molecule is CC1(C)c2ccccc2Sc2c(N(c3ccccc3)c3ccccc3C3(c4ccccc4)c4ccccc4-c4ccccc43)cccc21. The Kier molecular flexibility index (Phi) is 6.71. The van der Waals surface area contributed by atoms with E-state index in [0.29, 0.717) is 0 Å². The Hall–Kier alpha value is -5.31. The van der Waals surface area contributed by atoms with Crippen molar-refractivity contribution >= 4 is 28.8 Å². The standard InChI is InChI=1S/C46H35NS/c1-45(2)39-27-14-16-31-43(39)48-44-40(45)28-17-30-42(44)47(33-20-7-4-8-21-33)41-29-15-13-26-38(41)46(32-18-5-3-6-19-32)36-24-11-9-22-34(36)35-23-10-12-25-37(35)46/h3-31H,1-2H3. The van der Waals surface area contributed by atoms with Crippen molar-refractivity contribution in [3.05, 3.63) is 209 Å². The maximum absolute atomic E-state index is 2.51. The first-order chi connectivity index (χ1) is 23.6. The second-order valence-electron chi connectivity index (χ2n) is 13.3.